The van der Waals surface area contributed by atoms with E-state index in [0.29, 0.717) is 50.5 Å². The van der Waals surface area contributed by atoms with Gasteiger partial charge in [0.1, 0.15) is 0 Å². The molecule has 17 rings (SSSR count). The molecule has 0 N–H and O–H groups in total. The highest BCUT2D eigenvalue weighted by Crippen LogP contribution is 2.56. The van der Waals surface area contributed by atoms with Gasteiger partial charge in [-0.3, -0.25) is 0 Å². The van der Waals surface area contributed by atoms with Crippen LogP contribution in [0.4, 0.5) is 34.1 Å². The predicted octanol–water partition coefficient (Wildman–Crippen LogP) is 22.5. The Morgan fingerprint density at radius 3 is 0.853 bits per heavy atom. The normalized spacial score (nSPS) is 15.7. The maximum atomic E-state index is 11.3. The van der Waals surface area contributed by atoms with Gasteiger partial charge in [-0.05, 0) is 156 Å². The molecule has 0 atom stereocenters. The average molecular weight is 1240 g/mol. The van der Waals surface area contributed by atoms with E-state index >= 15 is 0 Å². The topological polar surface area (TPSA) is 16.3 Å². The lowest BCUT2D eigenvalue weighted by Crippen LogP contribution is -2.61. The van der Waals surface area contributed by atoms with Gasteiger partial charge >= 0.3 is 0 Å². The first-order chi connectivity index (χ1) is 53.5. The van der Waals surface area contributed by atoms with E-state index in [1.807, 2.05) is 84.9 Å². The van der Waals surface area contributed by atoms with Crippen molar-refractivity contribution in [1.82, 2.24) is 9.13 Å². The van der Waals surface area contributed by atoms with Gasteiger partial charge in [-0.15, -0.1) is 0 Å². The molecular weight excluding hydrogens is 1150 g/mol. The Kier molecular flexibility index (Phi) is 9.59. The second-order valence-electron chi connectivity index (χ2n) is 28.0. The Hall–Kier alpha value is -10.9. The molecule has 4 heterocycles. The van der Waals surface area contributed by atoms with Crippen molar-refractivity contribution in [1.29, 1.82) is 0 Å². The van der Waals surface area contributed by atoms with Crippen LogP contribution in [0.3, 0.4) is 0 Å². The zero-order valence-electron chi connectivity index (χ0n) is 72.2. The highest BCUT2D eigenvalue weighted by Gasteiger charge is 2.47. The molecule has 0 spiro atoms. The molecule has 0 aliphatic carbocycles. The number of para-hydroxylation sites is 4. The van der Waals surface area contributed by atoms with Crippen molar-refractivity contribution < 1.29 is 24.7 Å². The van der Waals surface area contributed by atoms with Gasteiger partial charge in [-0.2, -0.15) is 0 Å². The van der Waals surface area contributed by atoms with Gasteiger partial charge in [-0.1, -0.05) is 268 Å². The van der Waals surface area contributed by atoms with E-state index < -0.39 is 120 Å². The lowest BCUT2D eigenvalue weighted by Gasteiger charge is -2.47. The third kappa shape index (κ3) is 9.41. The monoisotopic (exact) mass is 1240 g/mol. The van der Waals surface area contributed by atoms with Crippen molar-refractivity contribution in [3.05, 3.63) is 307 Å². The largest absolute Gasteiger partial charge is 0.310 e. The second-order valence-corrected chi connectivity index (χ2v) is 28.0. The summed E-state index contributed by atoms with van der Waals surface area (Å²) in [5.74, 6) is 0. The minimum Gasteiger partial charge on any atom is -0.310 e. The van der Waals surface area contributed by atoms with Crippen molar-refractivity contribution in [3.8, 4) is 55.9 Å². The maximum absolute atomic E-state index is 11.3. The molecule has 0 saturated carbocycles. The van der Waals surface area contributed by atoms with E-state index in [4.69, 9.17) is 5.48 Å². The Balaban J connectivity index is 1.13. The summed E-state index contributed by atoms with van der Waals surface area (Å²) in [6.45, 7) is 18.3. The molecule has 0 unspecified atom stereocenters. The highest BCUT2D eigenvalue weighted by atomic mass is 15.2. The molecule has 0 amide bonds. The number of anilines is 6. The standard InChI is InChI=1S/C90H75BN4/c1-88(2,3)62-50-71(58-30-14-10-15-31-58)86(72(51-62)59-32-16-11-17-33-59)94-81-56-65(92-77-42-26-22-38-67(77)68-39-23-27-43-78(68)92)46-48-75(81)91-76-49-47-66(93-79-44-28-24-40-69(79)70-41-25-29-45-80(70)93)57-82(76)95(84-55-64(90(7,8)9)54-83(94)85(84)91)87-73(60-34-18-12-19-35-60)52-63(89(4,5)6)53-74(87)61-36-20-13-21-37-61/h10-57H,1-9H3/i22D,23D,24D,25D,26D,27D,28D,29D,38D,39D,40D,41D,42D,43D,44D,45D,48D,49D. The van der Waals surface area contributed by atoms with Crippen LogP contribution in [-0.2, 0) is 16.2 Å². The van der Waals surface area contributed by atoms with Crippen LogP contribution in [0, 0.1) is 0 Å². The molecule has 13 aromatic carbocycles. The first-order valence-electron chi connectivity index (χ1n) is 41.2. The number of benzene rings is 13. The number of aromatic nitrogens is 2. The fraction of sp³-hybridized carbons (Fsp3) is 0.133. The van der Waals surface area contributed by atoms with Gasteiger partial charge in [0.2, 0.25) is 0 Å². The van der Waals surface area contributed by atoms with Crippen LogP contribution in [0.25, 0.3) is 99.5 Å². The zero-order valence-corrected chi connectivity index (χ0v) is 54.2. The summed E-state index contributed by atoms with van der Waals surface area (Å²) in [6.07, 6.45) is 0. The molecule has 0 bridgehead atoms. The van der Waals surface area contributed by atoms with Gasteiger partial charge in [-0.25, -0.2) is 0 Å². The number of hydrogen-bond acceptors (Lipinski definition) is 2. The SMILES string of the molecule is [2H]c1cc(-n2c3c([2H])c([2H])c([2H])c([2H])c3c3c([2H])c([2H])c([2H])c([2H])c32)cc2c1B1c3c([2H])cc(-n4c5c([2H])c([2H])c([2H])c([2H])c5c5c([2H])c([2H])c([2H])c([2H])c54)cc3N(c3c(-c4ccccc4)cc(C(C)(C)C)cc3-c3ccccc3)c3cc(C(C)(C)C)cc(c31)N2c1c(-c2ccccc2)cc(C(C)(C)C)cc1-c1ccccc1. The summed E-state index contributed by atoms with van der Waals surface area (Å²) in [5.41, 5.74) is 11.9. The van der Waals surface area contributed by atoms with Crippen molar-refractivity contribution in [3.63, 3.8) is 0 Å². The molecule has 0 radical (unpaired) electrons. The van der Waals surface area contributed by atoms with Gasteiger partial charge in [0.05, 0.1) is 58.1 Å². The highest BCUT2D eigenvalue weighted by molar-refractivity contribution is 7.00. The summed E-state index contributed by atoms with van der Waals surface area (Å²) >= 11 is 0. The molecule has 4 nitrogen and oxygen atoms in total. The van der Waals surface area contributed by atoms with Gasteiger partial charge in [0.15, 0.2) is 0 Å². The van der Waals surface area contributed by atoms with E-state index in [1.165, 1.54) is 9.13 Å². The smallest absolute Gasteiger partial charge is 0.252 e. The molecule has 0 fully saturated rings. The molecule has 2 aromatic heterocycles. The number of fused-ring (bicyclic) bond motifs is 10. The third-order valence-electron chi connectivity index (χ3n) is 19.0. The van der Waals surface area contributed by atoms with Crippen LogP contribution < -0.4 is 26.2 Å². The fourth-order valence-electron chi connectivity index (χ4n) is 14.3. The van der Waals surface area contributed by atoms with E-state index in [9.17, 15) is 19.2 Å². The molecular formula is C90H75BN4. The minimum atomic E-state index is -1.13. The van der Waals surface area contributed by atoms with Crippen LogP contribution in [0.1, 0.15) is 104 Å². The number of rotatable bonds is 8. The van der Waals surface area contributed by atoms with Crippen molar-refractivity contribution in [2.24, 2.45) is 0 Å². The molecule has 2 aliphatic heterocycles. The van der Waals surface area contributed by atoms with Gasteiger partial charge in [0, 0.05) is 77.9 Å². The van der Waals surface area contributed by atoms with E-state index in [2.05, 4.69) is 157 Å². The number of hydrogen-bond donors (Lipinski definition) is 0. The van der Waals surface area contributed by atoms with E-state index in [0.717, 1.165) is 61.2 Å². The van der Waals surface area contributed by atoms with Crippen molar-refractivity contribution >= 4 is 101 Å². The van der Waals surface area contributed by atoms with Crippen LogP contribution in [0.2, 0.25) is 0 Å². The van der Waals surface area contributed by atoms with Crippen LogP contribution in [0.5, 0.6) is 0 Å². The Morgan fingerprint density at radius 1 is 0.295 bits per heavy atom. The first-order valence-corrected chi connectivity index (χ1v) is 32.2. The summed E-state index contributed by atoms with van der Waals surface area (Å²) in [6, 6.07) is 50.8. The zero-order chi connectivity index (χ0) is 80.3. The van der Waals surface area contributed by atoms with Crippen LogP contribution in [0.15, 0.2) is 291 Å². The quantitative estimate of drug-likeness (QED) is 0.141. The summed E-state index contributed by atoms with van der Waals surface area (Å²) in [7, 11) is 0. The van der Waals surface area contributed by atoms with Crippen LogP contribution >= 0.6 is 0 Å². The fourth-order valence-corrected chi connectivity index (χ4v) is 14.3. The van der Waals surface area contributed by atoms with Crippen molar-refractivity contribution in [2.75, 3.05) is 9.80 Å². The Bertz CT molecular complexity index is 6000. The second kappa shape index (κ2) is 21.9. The molecule has 0 saturated heterocycles. The molecule has 95 heavy (non-hydrogen) atoms. The average Bonchev–Trinajstić information content (AvgIpc) is 0.839. The lowest BCUT2D eigenvalue weighted by molar-refractivity contribution is 0.590. The summed E-state index contributed by atoms with van der Waals surface area (Å²) < 4.78 is 176. The van der Waals surface area contributed by atoms with Gasteiger partial charge < -0.3 is 18.9 Å². The Morgan fingerprint density at radius 2 is 0.568 bits per heavy atom. The first kappa shape index (κ1) is 41.7. The minimum absolute atomic E-state index is 0.108. The van der Waals surface area contributed by atoms with E-state index in [1.54, 1.807) is 12.1 Å². The lowest BCUT2D eigenvalue weighted by atomic mass is 9.33. The Labute approximate surface area is 584 Å². The molecule has 5 heteroatoms. The maximum Gasteiger partial charge on any atom is 0.252 e. The molecule has 2 aliphatic rings. The summed E-state index contributed by atoms with van der Waals surface area (Å²) in [4.78, 5) is 4.38. The third-order valence-corrected chi connectivity index (χ3v) is 19.0. The summed E-state index contributed by atoms with van der Waals surface area (Å²) in [5, 5.41) is -0.592. The molecule has 458 valence electrons. The predicted molar refractivity (Wildman–Crippen MR) is 407 cm³/mol. The number of nitrogens with zero attached hydrogens (tertiary/aromatic N) is 4. The van der Waals surface area contributed by atoms with Crippen molar-refractivity contribution in [2.45, 2.75) is 78.6 Å². The van der Waals surface area contributed by atoms with Crippen LogP contribution in [-0.4, -0.2) is 15.8 Å². The van der Waals surface area contributed by atoms with E-state index in [-0.39, 0.29) is 67.1 Å². The molecule has 15 aromatic rings. The van der Waals surface area contributed by atoms with Gasteiger partial charge in [0.25, 0.3) is 6.71 Å².